The summed E-state index contributed by atoms with van der Waals surface area (Å²) in [6.07, 6.45) is 3.05. The van der Waals surface area contributed by atoms with Crippen LogP contribution in [0.5, 0.6) is 0 Å². The molecule has 1 heteroatoms. The lowest BCUT2D eigenvalue weighted by atomic mass is 9.95. The predicted octanol–water partition coefficient (Wildman–Crippen LogP) is 7.41. The maximum Gasteiger partial charge on any atom is 0.0780 e. The van der Waals surface area contributed by atoms with Crippen molar-refractivity contribution in [3.63, 3.8) is 0 Å². The first-order valence-electron chi connectivity index (χ1n) is 9.99. The van der Waals surface area contributed by atoms with Gasteiger partial charge in [-0.1, -0.05) is 86.6 Å². The van der Waals surface area contributed by atoms with E-state index in [9.17, 15) is 0 Å². The Bertz CT molecular complexity index is 1300. The molecular weight excluding hydrogens is 338 g/mol. The Balaban J connectivity index is 1.70. The molecule has 0 saturated carbocycles. The fourth-order valence-electron chi connectivity index (χ4n) is 4.25. The zero-order valence-corrected chi connectivity index (χ0v) is 16.3. The van der Waals surface area contributed by atoms with Crippen molar-refractivity contribution < 1.29 is 0 Å². The molecular formula is C27H23N. The van der Waals surface area contributed by atoms with Crippen LogP contribution in [0.15, 0.2) is 85.1 Å². The standard InChI is InChI=1S/C27H23N/c1-18(2)17-19-7-9-21(10-8-19)27-26-14-13-23-22-6-4-3-5-20(22)11-12-24(23)25(26)15-16-28-27/h3-16,18H,17H2,1-2H3. The lowest BCUT2D eigenvalue weighted by molar-refractivity contribution is 0.647. The largest absolute Gasteiger partial charge is 0.256 e. The van der Waals surface area contributed by atoms with Crippen molar-refractivity contribution in [3.8, 4) is 11.3 Å². The molecule has 0 aliphatic carbocycles. The van der Waals surface area contributed by atoms with Crippen LogP contribution < -0.4 is 0 Å². The molecule has 1 heterocycles. The van der Waals surface area contributed by atoms with E-state index < -0.39 is 0 Å². The zero-order valence-electron chi connectivity index (χ0n) is 16.3. The quantitative estimate of drug-likeness (QED) is 0.305. The molecule has 0 aliphatic heterocycles. The highest BCUT2D eigenvalue weighted by molar-refractivity contribution is 6.18. The van der Waals surface area contributed by atoms with Gasteiger partial charge in [0.05, 0.1) is 5.69 Å². The summed E-state index contributed by atoms with van der Waals surface area (Å²) in [5.41, 5.74) is 3.62. The van der Waals surface area contributed by atoms with Gasteiger partial charge in [0.2, 0.25) is 0 Å². The average molecular weight is 361 g/mol. The Labute approximate surface area is 165 Å². The summed E-state index contributed by atoms with van der Waals surface area (Å²) in [7, 11) is 0. The molecule has 0 aliphatic rings. The van der Waals surface area contributed by atoms with Crippen LogP contribution in [0.25, 0.3) is 43.6 Å². The number of fused-ring (bicyclic) bond motifs is 5. The number of nitrogens with zero attached hydrogens (tertiary/aromatic N) is 1. The number of pyridine rings is 1. The molecule has 0 bridgehead atoms. The van der Waals surface area contributed by atoms with Crippen molar-refractivity contribution in [2.24, 2.45) is 5.92 Å². The van der Waals surface area contributed by atoms with E-state index in [4.69, 9.17) is 4.98 Å². The molecule has 5 aromatic rings. The molecule has 4 aromatic carbocycles. The Morgan fingerprint density at radius 2 is 1.32 bits per heavy atom. The summed E-state index contributed by atoms with van der Waals surface area (Å²) < 4.78 is 0. The summed E-state index contributed by atoms with van der Waals surface area (Å²) >= 11 is 0. The van der Waals surface area contributed by atoms with E-state index in [0.29, 0.717) is 5.92 Å². The maximum atomic E-state index is 4.74. The molecule has 136 valence electrons. The van der Waals surface area contributed by atoms with Crippen LogP contribution in [0.4, 0.5) is 0 Å². The van der Waals surface area contributed by atoms with Gasteiger partial charge in [-0.25, -0.2) is 0 Å². The molecule has 0 atom stereocenters. The average Bonchev–Trinajstić information content (AvgIpc) is 2.73. The van der Waals surface area contributed by atoms with E-state index in [1.54, 1.807) is 0 Å². The molecule has 0 spiro atoms. The number of aromatic nitrogens is 1. The molecule has 0 amide bonds. The molecule has 0 saturated heterocycles. The molecule has 0 N–H and O–H groups in total. The maximum absolute atomic E-state index is 4.74. The predicted molar refractivity (Wildman–Crippen MR) is 121 cm³/mol. The van der Waals surface area contributed by atoms with E-state index in [1.165, 1.54) is 43.4 Å². The van der Waals surface area contributed by atoms with E-state index in [2.05, 4.69) is 92.7 Å². The number of benzene rings is 4. The topological polar surface area (TPSA) is 12.9 Å². The van der Waals surface area contributed by atoms with Gasteiger partial charge in [0, 0.05) is 17.1 Å². The second-order valence-electron chi connectivity index (χ2n) is 8.00. The van der Waals surface area contributed by atoms with Crippen LogP contribution in [-0.4, -0.2) is 4.98 Å². The number of hydrogen-bond acceptors (Lipinski definition) is 1. The van der Waals surface area contributed by atoms with Gasteiger partial charge in [0.1, 0.15) is 0 Å². The second kappa shape index (κ2) is 6.76. The van der Waals surface area contributed by atoms with Crippen molar-refractivity contribution in [2.45, 2.75) is 20.3 Å². The highest BCUT2D eigenvalue weighted by Gasteiger charge is 2.10. The van der Waals surface area contributed by atoms with Crippen molar-refractivity contribution in [2.75, 3.05) is 0 Å². The van der Waals surface area contributed by atoms with Gasteiger partial charge in [-0.3, -0.25) is 4.98 Å². The summed E-state index contributed by atoms with van der Waals surface area (Å²) in [6.45, 7) is 4.52. The third-order valence-corrected chi connectivity index (χ3v) is 5.54. The van der Waals surface area contributed by atoms with Gasteiger partial charge in [0.15, 0.2) is 0 Å². The van der Waals surface area contributed by atoms with Crippen LogP contribution in [0.3, 0.4) is 0 Å². The summed E-state index contributed by atoms with van der Waals surface area (Å²) in [5.74, 6) is 0.669. The fraction of sp³-hybridized carbons (Fsp3) is 0.148. The van der Waals surface area contributed by atoms with Crippen LogP contribution in [0.2, 0.25) is 0 Å². The van der Waals surface area contributed by atoms with Gasteiger partial charge in [-0.05, 0) is 50.9 Å². The van der Waals surface area contributed by atoms with E-state index in [0.717, 1.165) is 12.1 Å². The van der Waals surface area contributed by atoms with Gasteiger partial charge >= 0.3 is 0 Å². The Hall–Kier alpha value is -3.19. The normalized spacial score (nSPS) is 11.7. The van der Waals surface area contributed by atoms with Crippen molar-refractivity contribution >= 4 is 32.3 Å². The van der Waals surface area contributed by atoms with E-state index in [-0.39, 0.29) is 0 Å². The van der Waals surface area contributed by atoms with Crippen molar-refractivity contribution in [3.05, 3.63) is 90.6 Å². The van der Waals surface area contributed by atoms with Gasteiger partial charge in [-0.15, -0.1) is 0 Å². The lowest BCUT2D eigenvalue weighted by Gasteiger charge is -2.11. The molecule has 1 aromatic heterocycles. The van der Waals surface area contributed by atoms with Gasteiger partial charge in [-0.2, -0.15) is 0 Å². The van der Waals surface area contributed by atoms with Gasteiger partial charge in [0.25, 0.3) is 0 Å². The first-order chi connectivity index (χ1) is 13.7. The Morgan fingerprint density at radius 3 is 2.14 bits per heavy atom. The van der Waals surface area contributed by atoms with Crippen LogP contribution in [-0.2, 0) is 6.42 Å². The second-order valence-corrected chi connectivity index (χ2v) is 8.00. The zero-order chi connectivity index (χ0) is 19.1. The lowest BCUT2D eigenvalue weighted by Crippen LogP contribution is -1.94. The monoisotopic (exact) mass is 361 g/mol. The molecule has 0 fully saturated rings. The highest BCUT2D eigenvalue weighted by atomic mass is 14.7. The van der Waals surface area contributed by atoms with Crippen LogP contribution in [0, 0.1) is 5.92 Å². The smallest absolute Gasteiger partial charge is 0.0780 e. The molecule has 0 radical (unpaired) electrons. The van der Waals surface area contributed by atoms with Crippen LogP contribution >= 0.6 is 0 Å². The molecule has 5 rings (SSSR count). The third kappa shape index (κ3) is 2.84. The highest BCUT2D eigenvalue weighted by Crippen LogP contribution is 2.34. The van der Waals surface area contributed by atoms with Crippen LogP contribution in [0.1, 0.15) is 19.4 Å². The third-order valence-electron chi connectivity index (χ3n) is 5.54. The SMILES string of the molecule is CC(C)Cc1ccc(-c2nccc3c2ccc2c4ccccc4ccc32)cc1. The molecule has 0 unspecified atom stereocenters. The minimum absolute atomic E-state index is 0.669. The molecule has 1 nitrogen and oxygen atoms in total. The fourth-order valence-corrected chi connectivity index (χ4v) is 4.25. The minimum Gasteiger partial charge on any atom is -0.256 e. The van der Waals surface area contributed by atoms with E-state index in [1.807, 2.05) is 6.20 Å². The van der Waals surface area contributed by atoms with Crippen molar-refractivity contribution in [1.29, 1.82) is 0 Å². The molecule has 28 heavy (non-hydrogen) atoms. The summed E-state index contributed by atoms with van der Waals surface area (Å²) in [5, 5.41) is 7.65. The summed E-state index contributed by atoms with van der Waals surface area (Å²) in [6, 6.07) is 28.6. The van der Waals surface area contributed by atoms with Gasteiger partial charge < -0.3 is 0 Å². The first kappa shape index (κ1) is 16.9. The summed E-state index contributed by atoms with van der Waals surface area (Å²) in [4.78, 5) is 4.74. The Kier molecular flexibility index (Phi) is 4.09. The Morgan fingerprint density at radius 1 is 0.643 bits per heavy atom. The first-order valence-corrected chi connectivity index (χ1v) is 9.99. The van der Waals surface area contributed by atoms with Crippen molar-refractivity contribution in [1.82, 2.24) is 4.98 Å². The number of hydrogen-bond donors (Lipinski definition) is 0. The number of rotatable bonds is 3. The minimum atomic E-state index is 0.669. The van der Waals surface area contributed by atoms with E-state index >= 15 is 0 Å².